The normalized spacial score (nSPS) is 12.7. The van der Waals surface area contributed by atoms with Crippen LogP contribution in [0.5, 0.6) is 0 Å². The average Bonchev–Trinajstić information content (AvgIpc) is 2.65. The molecular weight excluding hydrogens is 358 g/mol. The van der Waals surface area contributed by atoms with E-state index >= 15 is 0 Å². The van der Waals surface area contributed by atoms with Crippen LogP contribution in [-0.2, 0) is 18.3 Å². The summed E-state index contributed by atoms with van der Waals surface area (Å²) in [5.41, 5.74) is 0.504. The molecular formula is C19H22FO5P. The number of esters is 1. The molecule has 0 amide bonds. The lowest BCUT2D eigenvalue weighted by molar-refractivity contribution is 0.0550. The Bertz CT molecular complexity index is 826. The number of alkyl halides is 1. The van der Waals surface area contributed by atoms with Gasteiger partial charge in [-0.1, -0.05) is 30.9 Å². The Morgan fingerprint density at radius 3 is 2.42 bits per heavy atom. The van der Waals surface area contributed by atoms with Crippen LogP contribution in [0.3, 0.4) is 0 Å². The highest BCUT2D eigenvalue weighted by Gasteiger charge is 2.37. The molecule has 0 saturated carbocycles. The molecule has 7 heteroatoms. The van der Waals surface area contributed by atoms with Gasteiger partial charge in [0.15, 0.2) is 0 Å². The van der Waals surface area contributed by atoms with Gasteiger partial charge in [0.25, 0.3) is 0 Å². The number of benzene rings is 2. The molecule has 0 unspecified atom stereocenters. The lowest BCUT2D eigenvalue weighted by Crippen LogP contribution is -2.05. The van der Waals surface area contributed by atoms with Crippen molar-refractivity contribution in [3.05, 3.63) is 60.2 Å². The number of hydrogen-bond donors (Lipinski definition) is 0. The van der Waals surface area contributed by atoms with Crippen molar-refractivity contribution in [1.29, 1.82) is 0 Å². The molecule has 0 fully saturated rings. The van der Waals surface area contributed by atoms with Gasteiger partial charge in [-0.2, -0.15) is 0 Å². The second-order valence-electron chi connectivity index (χ2n) is 5.42. The summed E-state index contributed by atoms with van der Waals surface area (Å²) >= 11 is 0. The molecule has 140 valence electrons. The highest BCUT2D eigenvalue weighted by molar-refractivity contribution is 7.54. The molecule has 26 heavy (non-hydrogen) atoms. The lowest BCUT2D eigenvalue weighted by Gasteiger charge is -2.21. The maximum Gasteiger partial charge on any atom is 0.369 e. The van der Waals surface area contributed by atoms with E-state index in [1.807, 2.05) is 0 Å². The summed E-state index contributed by atoms with van der Waals surface area (Å²) in [5, 5.41) is 1.43. The van der Waals surface area contributed by atoms with E-state index in [2.05, 4.69) is 6.58 Å². The van der Waals surface area contributed by atoms with Gasteiger partial charge in [-0.15, -0.1) is 0 Å². The molecule has 0 saturated heterocycles. The third-order valence-electron chi connectivity index (χ3n) is 3.60. The minimum absolute atomic E-state index is 0.0740. The van der Waals surface area contributed by atoms with Crippen molar-refractivity contribution in [3.8, 4) is 0 Å². The first kappa shape index (κ1) is 20.3. The third kappa shape index (κ3) is 4.58. The quantitative estimate of drug-likeness (QED) is 0.330. The Balaban J connectivity index is 2.38. The molecule has 2 aromatic rings. The standard InChI is InChI=1S/C19H22FO5P/c1-4-11-23-19(21)16-10-8-14-7-9-15(12-17(14)13-16)18(20)26(22,24-5-2)25-6-3/h4,7-10,12-13,18H,1,5-6,11H2,2-3H3/t18-/m0/s1. The van der Waals surface area contributed by atoms with Crippen molar-refractivity contribution in [1.82, 2.24) is 0 Å². The minimum Gasteiger partial charge on any atom is -0.458 e. The van der Waals surface area contributed by atoms with Crippen LogP contribution >= 0.6 is 7.60 Å². The van der Waals surface area contributed by atoms with Gasteiger partial charge >= 0.3 is 13.6 Å². The molecule has 1 atom stereocenters. The molecule has 0 aliphatic heterocycles. The van der Waals surface area contributed by atoms with Crippen molar-refractivity contribution < 1.29 is 27.5 Å². The van der Waals surface area contributed by atoms with Crippen molar-refractivity contribution in [2.24, 2.45) is 0 Å². The molecule has 0 aromatic heterocycles. The van der Waals surface area contributed by atoms with Gasteiger partial charge in [0, 0.05) is 0 Å². The fraction of sp³-hybridized carbons (Fsp3) is 0.316. The Morgan fingerprint density at radius 2 is 1.81 bits per heavy atom. The number of halogens is 1. The fourth-order valence-electron chi connectivity index (χ4n) is 2.47. The summed E-state index contributed by atoms with van der Waals surface area (Å²) in [7, 11) is -3.93. The second-order valence-corrected chi connectivity index (χ2v) is 7.47. The highest BCUT2D eigenvalue weighted by Crippen LogP contribution is 2.61. The monoisotopic (exact) mass is 380 g/mol. The van der Waals surface area contributed by atoms with Crippen LogP contribution in [0.15, 0.2) is 49.1 Å². The van der Waals surface area contributed by atoms with E-state index in [-0.39, 0.29) is 25.4 Å². The summed E-state index contributed by atoms with van der Waals surface area (Å²) < 4.78 is 42.7. The maximum absolute atomic E-state index is 14.9. The zero-order chi connectivity index (χ0) is 19.2. The first-order valence-corrected chi connectivity index (χ1v) is 9.91. The van der Waals surface area contributed by atoms with Crippen LogP contribution in [-0.4, -0.2) is 25.8 Å². The summed E-state index contributed by atoms with van der Waals surface area (Å²) in [6, 6.07) is 9.73. The molecule has 0 N–H and O–H groups in total. The highest BCUT2D eigenvalue weighted by atomic mass is 31.2. The largest absolute Gasteiger partial charge is 0.458 e. The van der Waals surface area contributed by atoms with Crippen LogP contribution in [0.25, 0.3) is 10.8 Å². The predicted molar refractivity (Wildman–Crippen MR) is 99.1 cm³/mol. The van der Waals surface area contributed by atoms with Gasteiger partial charge in [0.1, 0.15) is 6.61 Å². The van der Waals surface area contributed by atoms with E-state index in [9.17, 15) is 13.8 Å². The number of fused-ring (bicyclic) bond motifs is 1. The van der Waals surface area contributed by atoms with Gasteiger partial charge in [-0.3, -0.25) is 4.57 Å². The van der Waals surface area contributed by atoms with Crippen molar-refractivity contribution in [2.75, 3.05) is 19.8 Å². The molecule has 0 aliphatic rings. The number of carbonyl (C=O) groups is 1. The molecule has 0 heterocycles. The van der Waals surface area contributed by atoms with E-state index in [0.717, 1.165) is 5.39 Å². The topological polar surface area (TPSA) is 61.8 Å². The Morgan fingerprint density at radius 1 is 1.15 bits per heavy atom. The fourth-order valence-corrected chi connectivity index (χ4v) is 4.05. The van der Waals surface area contributed by atoms with Gasteiger partial charge in [0.2, 0.25) is 5.91 Å². The number of carbonyl (C=O) groups excluding carboxylic acids is 1. The number of ether oxygens (including phenoxy) is 1. The summed E-state index contributed by atoms with van der Waals surface area (Å²) in [5.74, 6) is -2.41. The Hall–Kier alpha value is -2.01. The van der Waals surface area contributed by atoms with E-state index < -0.39 is 19.5 Å². The van der Waals surface area contributed by atoms with Crippen molar-refractivity contribution >= 4 is 24.3 Å². The van der Waals surface area contributed by atoms with Gasteiger partial charge in [-0.05, 0) is 48.4 Å². The van der Waals surface area contributed by atoms with Gasteiger partial charge < -0.3 is 13.8 Å². The Kier molecular flexibility index (Phi) is 7.09. The third-order valence-corrected chi connectivity index (χ3v) is 5.69. The van der Waals surface area contributed by atoms with Crippen LogP contribution < -0.4 is 0 Å². The minimum atomic E-state index is -3.93. The second kappa shape index (κ2) is 9.08. The van der Waals surface area contributed by atoms with Gasteiger partial charge in [-0.25, -0.2) is 9.18 Å². The molecule has 2 aromatic carbocycles. The average molecular weight is 380 g/mol. The molecule has 0 radical (unpaired) electrons. The van der Waals surface area contributed by atoms with Crippen molar-refractivity contribution in [3.63, 3.8) is 0 Å². The molecule has 0 spiro atoms. The van der Waals surface area contributed by atoms with Crippen LogP contribution in [0.2, 0.25) is 0 Å². The summed E-state index contributed by atoms with van der Waals surface area (Å²) in [4.78, 5) is 12.0. The number of hydrogen-bond acceptors (Lipinski definition) is 5. The predicted octanol–water partition coefficient (Wildman–Crippen LogP) is 5.42. The number of rotatable bonds is 9. The van der Waals surface area contributed by atoms with E-state index in [4.69, 9.17) is 13.8 Å². The van der Waals surface area contributed by atoms with Crippen molar-refractivity contribution in [2.45, 2.75) is 19.8 Å². The van der Waals surface area contributed by atoms with Gasteiger partial charge in [0.05, 0.1) is 18.8 Å². The summed E-state index contributed by atoms with van der Waals surface area (Å²) in [6.07, 6.45) is 1.48. The molecule has 0 bridgehead atoms. The van der Waals surface area contributed by atoms with E-state index in [0.29, 0.717) is 10.9 Å². The van der Waals surface area contributed by atoms with Crippen LogP contribution in [0.1, 0.15) is 35.7 Å². The SMILES string of the molecule is C=CCOC(=O)c1ccc2ccc([C@@H](F)P(=O)(OCC)OCC)cc2c1. The molecule has 2 rings (SSSR count). The smallest absolute Gasteiger partial charge is 0.369 e. The Labute approximate surface area is 152 Å². The van der Waals surface area contributed by atoms with Crippen LogP contribution in [0.4, 0.5) is 4.39 Å². The first-order valence-electron chi connectivity index (χ1n) is 8.29. The zero-order valence-electron chi connectivity index (χ0n) is 14.8. The maximum atomic E-state index is 14.9. The first-order chi connectivity index (χ1) is 12.4. The molecule has 5 nitrogen and oxygen atoms in total. The molecule has 0 aliphatic carbocycles. The van der Waals surface area contributed by atoms with E-state index in [1.54, 1.807) is 38.1 Å². The van der Waals surface area contributed by atoms with E-state index in [1.165, 1.54) is 18.2 Å². The lowest BCUT2D eigenvalue weighted by atomic mass is 10.0. The summed E-state index contributed by atoms with van der Waals surface area (Å²) in [6.45, 7) is 7.00. The zero-order valence-corrected chi connectivity index (χ0v) is 15.7. The van der Waals surface area contributed by atoms with Crippen LogP contribution in [0, 0.1) is 0 Å².